The van der Waals surface area contributed by atoms with Gasteiger partial charge in [0.05, 0.1) is 4.92 Å². The van der Waals surface area contributed by atoms with Gasteiger partial charge in [-0.05, 0) is 18.6 Å². The Hall–Kier alpha value is -1.78. The molecule has 0 heterocycles. The van der Waals surface area contributed by atoms with E-state index in [9.17, 15) is 10.1 Å². The maximum absolute atomic E-state index is 10.9. The number of hydrogen-bond donors (Lipinski definition) is 2. The van der Waals surface area contributed by atoms with Crippen LogP contribution in [-0.2, 0) is 0 Å². The zero-order valence-electron chi connectivity index (χ0n) is 8.91. The van der Waals surface area contributed by atoms with E-state index in [4.69, 9.17) is 0 Å². The lowest BCUT2D eigenvalue weighted by molar-refractivity contribution is -0.383. The molecular weight excluding hydrogens is 194 g/mol. The predicted molar refractivity (Wildman–Crippen MR) is 61.4 cm³/mol. The minimum absolute atomic E-state index is 0.105. The number of nitro groups is 1. The fourth-order valence-electron chi connectivity index (χ4n) is 1.34. The van der Waals surface area contributed by atoms with Crippen molar-refractivity contribution in [3.8, 4) is 0 Å². The molecule has 0 radical (unpaired) electrons. The highest BCUT2D eigenvalue weighted by Crippen LogP contribution is 2.32. The third-order valence-corrected chi connectivity index (χ3v) is 2.05. The lowest BCUT2D eigenvalue weighted by Gasteiger charge is -2.08. The summed E-state index contributed by atoms with van der Waals surface area (Å²) in [5, 5.41) is 16.7. The summed E-state index contributed by atoms with van der Waals surface area (Å²) in [6.07, 6.45) is 0.931. The first kappa shape index (κ1) is 11.3. The van der Waals surface area contributed by atoms with Crippen LogP contribution in [0, 0.1) is 10.1 Å². The van der Waals surface area contributed by atoms with Gasteiger partial charge in [-0.2, -0.15) is 0 Å². The van der Waals surface area contributed by atoms with Crippen molar-refractivity contribution in [3.05, 3.63) is 28.3 Å². The Kier molecular flexibility index (Phi) is 3.91. The molecule has 0 aromatic heterocycles. The molecule has 0 aliphatic carbocycles. The lowest BCUT2D eigenvalue weighted by Crippen LogP contribution is -2.05. The van der Waals surface area contributed by atoms with E-state index < -0.39 is 0 Å². The normalized spacial score (nSPS) is 9.73. The molecule has 0 amide bonds. The first-order valence-corrected chi connectivity index (χ1v) is 4.89. The number of para-hydroxylation sites is 1. The SMILES string of the molecule is CCCNc1cccc(NC)c1[N+](=O)[O-]. The number of nitrogens with one attached hydrogen (secondary N) is 2. The Morgan fingerprint density at radius 2 is 2.07 bits per heavy atom. The average molecular weight is 209 g/mol. The van der Waals surface area contributed by atoms with Gasteiger partial charge in [0.25, 0.3) is 0 Å². The molecule has 0 atom stereocenters. The second kappa shape index (κ2) is 5.19. The number of anilines is 2. The molecule has 82 valence electrons. The van der Waals surface area contributed by atoms with Gasteiger partial charge in [-0.15, -0.1) is 0 Å². The summed E-state index contributed by atoms with van der Waals surface area (Å²) in [4.78, 5) is 10.5. The van der Waals surface area contributed by atoms with Crippen LogP contribution in [0.2, 0.25) is 0 Å². The van der Waals surface area contributed by atoms with Crippen LogP contribution in [-0.4, -0.2) is 18.5 Å². The van der Waals surface area contributed by atoms with E-state index in [0.29, 0.717) is 11.4 Å². The largest absolute Gasteiger partial charge is 0.382 e. The molecule has 0 saturated heterocycles. The first-order valence-electron chi connectivity index (χ1n) is 4.89. The van der Waals surface area contributed by atoms with Crippen LogP contribution >= 0.6 is 0 Å². The number of rotatable bonds is 5. The summed E-state index contributed by atoms with van der Waals surface area (Å²) in [7, 11) is 1.67. The third kappa shape index (κ3) is 2.59. The quantitative estimate of drug-likeness (QED) is 0.577. The lowest BCUT2D eigenvalue weighted by atomic mass is 10.2. The molecule has 0 unspecified atom stereocenters. The predicted octanol–water partition coefficient (Wildman–Crippen LogP) is 2.46. The Labute approximate surface area is 88.6 Å². The molecule has 0 aliphatic heterocycles. The molecule has 0 aliphatic rings. The summed E-state index contributed by atoms with van der Waals surface area (Å²) in [6, 6.07) is 5.20. The fraction of sp³-hybridized carbons (Fsp3) is 0.400. The molecule has 5 nitrogen and oxygen atoms in total. The summed E-state index contributed by atoms with van der Waals surface area (Å²) in [5.41, 5.74) is 1.20. The zero-order valence-corrected chi connectivity index (χ0v) is 8.91. The second-order valence-corrected chi connectivity index (χ2v) is 3.14. The molecule has 0 saturated carbocycles. The number of benzene rings is 1. The average Bonchev–Trinajstić information content (AvgIpc) is 2.25. The number of hydrogen-bond acceptors (Lipinski definition) is 4. The topological polar surface area (TPSA) is 67.2 Å². The third-order valence-electron chi connectivity index (χ3n) is 2.05. The van der Waals surface area contributed by atoms with Crippen molar-refractivity contribution in [2.45, 2.75) is 13.3 Å². The van der Waals surface area contributed by atoms with Crippen molar-refractivity contribution >= 4 is 17.1 Å². The van der Waals surface area contributed by atoms with Gasteiger partial charge in [0, 0.05) is 13.6 Å². The van der Waals surface area contributed by atoms with Crippen molar-refractivity contribution in [3.63, 3.8) is 0 Å². The van der Waals surface area contributed by atoms with E-state index in [0.717, 1.165) is 13.0 Å². The minimum Gasteiger partial charge on any atom is -0.382 e. The van der Waals surface area contributed by atoms with E-state index >= 15 is 0 Å². The van der Waals surface area contributed by atoms with Gasteiger partial charge in [-0.25, -0.2) is 0 Å². The highest BCUT2D eigenvalue weighted by Gasteiger charge is 2.17. The number of nitro benzene ring substituents is 1. The van der Waals surface area contributed by atoms with Gasteiger partial charge in [-0.3, -0.25) is 10.1 Å². The number of nitrogens with zero attached hydrogens (tertiary/aromatic N) is 1. The van der Waals surface area contributed by atoms with Crippen molar-refractivity contribution < 1.29 is 4.92 Å². The van der Waals surface area contributed by atoms with Crippen molar-refractivity contribution in [2.24, 2.45) is 0 Å². The van der Waals surface area contributed by atoms with Gasteiger partial charge in [0.15, 0.2) is 0 Å². The van der Waals surface area contributed by atoms with Gasteiger partial charge in [-0.1, -0.05) is 13.0 Å². The van der Waals surface area contributed by atoms with Crippen LogP contribution in [0.25, 0.3) is 0 Å². The van der Waals surface area contributed by atoms with Gasteiger partial charge < -0.3 is 10.6 Å². The highest BCUT2D eigenvalue weighted by molar-refractivity contribution is 5.75. The van der Waals surface area contributed by atoms with E-state index in [1.54, 1.807) is 25.2 Å². The molecule has 0 bridgehead atoms. The van der Waals surface area contributed by atoms with Crippen LogP contribution in [0.3, 0.4) is 0 Å². The molecule has 1 rings (SSSR count). The summed E-state index contributed by atoms with van der Waals surface area (Å²) < 4.78 is 0. The van der Waals surface area contributed by atoms with Crippen LogP contribution in [0.1, 0.15) is 13.3 Å². The molecular formula is C10H15N3O2. The zero-order chi connectivity index (χ0) is 11.3. The Balaban J connectivity index is 3.07. The molecule has 1 aromatic carbocycles. The standard InChI is InChI=1S/C10H15N3O2/c1-3-7-12-9-6-4-5-8(11-2)10(9)13(14)15/h4-6,11-12H,3,7H2,1-2H3. The van der Waals surface area contributed by atoms with Crippen LogP contribution in [0.4, 0.5) is 17.1 Å². The van der Waals surface area contributed by atoms with Crippen molar-refractivity contribution in [1.82, 2.24) is 0 Å². The summed E-state index contributed by atoms with van der Waals surface area (Å²) >= 11 is 0. The smallest absolute Gasteiger partial charge is 0.315 e. The second-order valence-electron chi connectivity index (χ2n) is 3.14. The van der Waals surface area contributed by atoms with Gasteiger partial charge >= 0.3 is 5.69 Å². The first-order chi connectivity index (χ1) is 7.20. The molecule has 0 fully saturated rings. The molecule has 0 spiro atoms. The molecule has 2 N–H and O–H groups in total. The monoisotopic (exact) mass is 209 g/mol. The van der Waals surface area contributed by atoms with Crippen LogP contribution in [0.15, 0.2) is 18.2 Å². The Bertz CT molecular complexity index is 353. The van der Waals surface area contributed by atoms with Gasteiger partial charge in [0.1, 0.15) is 11.4 Å². The fourth-order valence-corrected chi connectivity index (χ4v) is 1.34. The van der Waals surface area contributed by atoms with E-state index in [-0.39, 0.29) is 10.6 Å². The maximum Gasteiger partial charge on any atom is 0.315 e. The highest BCUT2D eigenvalue weighted by atomic mass is 16.6. The maximum atomic E-state index is 10.9. The molecule has 5 heteroatoms. The van der Waals surface area contributed by atoms with Gasteiger partial charge in [0.2, 0.25) is 0 Å². The molecule has 1 aromatic rings. The molecule has 15 heavy (non-hydrogen) atoms. The van der Waals surface area contributed by atoms with Crippen molar-refractivity contribution in [2.75, 3.05) is 24.2 Å². The summed E-state index contributed by atoms with van der Waals surface area (Å²) in [5.74, 6) is 0. The van der Waals surface area contributed by atoms with Crippen LogP contribution in [0.5, 0.6) is 0 Å². The Morgan fingerprint density at radius 3 is 2.60 bits per heavy atom. The summed E-state index contributed by atoms with van der Waals surface area (Å²) in [6.45, 7) is 2.74. The van der Waals surface area contributed by atoms with Crippen LogP contribution < -0.4 is 10.6 Å². The van der Waals surface area contributed by atoms with E-state index in [1.807, 2.05) is 6.92 Å². The Morgan fingerprint density at radius 1 is 1.40 bits per heavy atom. The van der Waals surface area contributed by atoms with E-state index in [2.05, 4.69) is 10.6 Å². The van der Waals surface area contributed by atoms with Crippen molar-refractivity contribution in [1.29, 1.82) is 0 Å². The van der Waals surface area contributed by atoms with E-state index in [1.165, 1.54) is 0 Å². The minimum atomic E-state index is -0.371.